The number of alkyl carbamates (subject to hydrolysis) is 1. The monoisotopic (exact) mass is 245 g/mol. The Kier molecular flexibility index (Phi) is 5.12. The summed E-state index contributed by atoms with van der Waals surface area (Å²) in [6, 6.07) is -1.08. The first kappa shape index (κ1) is 15.4. The molecule has 0 rings (SSSR count). The van der Waals surface area contributed by atoms with Crippen LogP contribution in [0.2, 0.25) is 0 Å². The van der Waals surface area contributed by atoms with Gasteiger partial charge < -0.3 is 15.2 Å². The SMILES string of the molecule is CC(C)C(NC(=O)OC(C)(C)C)C(=O)C(=O)O. The molecule has 0 fully saturated rings. The molecule has 0 aliphatic rings. The fourth-order valence-corrected chi connectivity index (χ4v) is 1.10. The number of carboxylic acid groups (broad SMARTS) is 1. The number of Topliss-reactive ketones (excluding diaryl/α,β-unsaturated/α-hetero) is 1. The van der Waals surface area contributed by atoms with E-state index in [9.17, 15) is 14.4 Å². The van der Waals surface area contributed by atoms with Gasteiger partial charge in [0.05, 0.1) is 0 Å². The van der Waals surface area contributed by atoms with Crippen LogP contribution < -0.4 is 5.32 Å². The van der Waals surface area contributed by atoms with E-state index in [0.717, 1.165) is 0 Å². The quantitative estimate of drug-likeness (QED) is 0.726. The molecule has 0 saturated heterocycles. The van der Waals surface area contributed by atoms with Crippen molar-refractivity contribution in [1.82, 2.24) is 5.32 Å². The van der Waals surface area contributed by atoms with Gasteiger partial charge in [-0.15, -0.1) is 0 Å². The number of hydrogen-bond donors (Lipinski definition) is 2. The molecular weight excluding hydrogens is 226 g/mol. The first-order valence-electron chi connectivity index (χ1n) is 5.31. The largest absolute Gasteiger partial charge is 0.475 e. The average Bonchev–Trinajstić information content (AvgIpc) is 2.09. The Labute approximate surface area is 100 Å². The van der Waals surface area contributed by atoms with Crippen LogP contribution in [0.25, 0.3) is 0 Å². The summed E-state index contributed by atoms with van der Waals surface area (Å²) in [7, 11) is 0. The molecule has 1 unspecified atom stereocenters. The van der Waals surface area contributed by atoms with Gasteiger partial charge in [0.2, 0.25) is 0 Å². The molecule has 0 saturated carbocycles. The lowest BCUT2D eigenvalue weighted by molar-refractivity contribution is -0.150. The minimum absolute atomic E-state index is 0.328. The lowest BCUT2D eigenvalue weighted by Crippen LogP contribution is -2.48. The zero-order valence-electron chi connectivity index (χ0n) is 10.7. The van der Waals surface area contributed by atoms with Crippen LogP contribution in [0, 0.1) is 5.92 Å². The van der Waals surface area contributed by atoms with E-state index in [4.69, 9.17) is 9.84 Å². The van der Waals surface area contributed by atoms with Crippen molar-refractivity contribution < 1.29 is 24.2 Å². The maximum Gasteiger partial charge on any atom is 0.408 e. The summed E-state index contributed by atoms with van der Waals surface area (Å²) in [4.78, 5) is 33.3. The zero-order valence-corrected chi connectivity index (χ0v) is 10.7. The van der Waals surface area contributed by atoms with Crippen LogP contribution >= 0.6 is 0 Å². The van der Waals surface area contributed by atoms with Crippen LogP contribution in [0.4, 0.5) is 4.79 Å². The van der Waals surface area contributed by atoms with Crippen molar-refractivity contribution in [2.75, 3.05) is 0 Å². The van der Waals surface area contributed by atoms with E-state index in [2.05, 4.69) is 5.32 Å². The molecule has 1 amide bonds. The third-order valence-electron chi connectivity index (χ3n) is 1.83. The highest BCUT2D eigenvalue weighted by atomic mass is 16.6. The van der Waals surface area contributed by atoms with Crippen LogP contribution in [0.15, 0.2) is 0 Å². The third kappa shape index (κ3) is 5.89. The number of ether oxygens (including phenoxy) is 1. The molecule has 98 valence electrons. The van der Waals surface area contributed by atoms with E-state index in [1.165, 1.54) is 0 Å². The molecule has 0 aliphatic heterocycles. The van der Waals surface area contributed by atoms with Crippen LogP contribution in [0.3, 0.4) is 0 Å². The molecule has 0 heterocycles. The van der Waals surface area contributed by atoms with Gasteiger partial charge >= 0.3 is 12.1 Å². The van der Waals surface area contributed by atoms with Crippen molar-refractivity contribution in [1.29, 1.82) is 0 Å². The Hall–Kier alpha value is -1.59. The number of aliphatic carboxylic acids is 1. The summed E-state index contributed by atoms with van der Waals surface area (Å²) in [5, 5.41) is 10.9. The summed E-state index contributed by atoms with van der Waals surface area (Å²) < 4.78 is 4.95. The molecule has 17 heavy (non-hydrogen) atoms. The summed E-state index contributed by atoms with van der Waals surface area (Å²) in [5.41, 5.74) is -0.697. The summed E-state index contributed by atoms with van der Waals surface area (Å²) >= 11 is 0. The molecule has 0 aromatic rings. The fraction of sp³-hybridized carbons (Fsp3) is 0.727. The van der Waals surface area contributed by atoms with Crippen LogP contribution in [-0.2, 0) is 14.3 Å². The van der Waals surface area contributed by atoms with E-state index in [-0.39, 0.29) is 5.92 Å². The van der Waals surface area contributed by atoms with Crippen molar-refractivity contribution in [2.45, 2.75) is 46.3 Å². The van der Waals surface area contributed by atoms with Gasteiger partial charge in [-0.3, -0.25) is 4.79 Å². The number of carbonyl (C=O) groups excluding carboxylic acids is 2. The van der Waals surface area contributed by atoms with Crippen molar-refractivity contribution in [2.24, 2.45) is 5.92 Å². The van der Waals surface area contributed by atoms with Crippen LogP contribution in [-0.4, -0.2) is 34.6 Å². The second-order valence-electron chi connectivity index (χ2n) is 5.04. The van der Waals surface area contributed by atoms with Gasteiger partial charge in [-0.1, -0.05) is 13.8 Å². The number of hydrogen-bond acceptors (Lipinski definition) is 4. The van der Waals surface area contributed by atoms with Gasteiger partial charge in [0, 0.05) is 0 Å². The maximum atomic E-state index is 11.4. The Morgan fingerprint density at radius 1 is 1.18 bits per heavy atom. The molecule has 0 aliphatic carbocycles. The molecular formula is C11H19NO5. The number of amides is 1. The van der Waals surface area contributed by atoms with Gasteiger partial charge in [0.1, 0.15) is 11.6 Å². The molecule has 0 radical (unpaired) electrons. The van der Waals surface area contributed by atoms with Gasteiger partial charge in [-0.2, -0.15) is 0 Å². The third-order valence-corrected chi connectivity index (χ3v) is 1.83. The number of carbonyl (C=O) groups is 3. The Bertz CT molecular complexity index is 316. The summed E-state index contributed by atoms with van der Waals surface area (Å²) in [6.45, 7) is 8.31. The first-order chi connectivity index (χ1) is 7.54. The minimum atomic E-state index is -1.57. The van der Waals surface area contributed by atoms with Gasteiger partial charge in [0.15, 0.2) is 0 Å². The molecule has 0 aromatic heterocycles. The molecule has 6 nitrogen and oxygen atoms in total. The average molecular weight is 245 g/mol. The Balaban J connectivity index is 4.63. The summed E-state index contributed by atoms with van der Waals surface area (Å²) in [5.74, 6) is -2.95. The van der Waals surface area contributed by atoms with Crippen molar-refractivity contribution in [3.05, 3.63) is 0 Å². The highest BCUT2D eigenvalue weighted by Crippen LogP contribution is 2.09. The standard InChI is InChI=1S/C11H19NO5/c1-6(2)7(8(13)9(14)15)12-10(16)17-11(3,4)5/h6-7H,1-5H3,(H,12,16)(H,14,15). The molecule has 2 N–H and O–H groups in total. The summed E-state index contributed by atoms with van der Waals surface area (Å²) in [6.07, 6.45) is -0.800. The topological polar surface area (TPSA) is 92.7 Å². The predicted octanol–water partition coefficient (Wildman–Crippen LogP) is 1.19. The van der Waals surface area contributed by atoms with E-state index in [1.807, 2.05) is 0 Å². The van der Waals surface area contributed by atoms with E-state index < -0.39 is 29.5 Å². The zero-order chi connectivity index (χ0) is 13.8. The number of nitrogens with one attached hydrogen (secondary N) is 1. The number of rotatable bonds is 4. The van der Waals surface area contributed by atoms with E-state index in [1.54, 1.807) is 34.6 Å². The van der Waals surface area contributed by atoms with Crippen LogP contribution in [0.5, 0.6) is 0 Å². The normalized spacial score (nSPS) is 13.1. The van der Waals surface area contributed by atoms with Crippen LogP contribution in [0.1, 0.15) is 34.6 Å². The highest BCUT2D eigenvalue weighted by Gasteiger charge is 2.30. The maximum absolute atomic E-state index is 11.4. The molecule has 0 bridgehead atoms. The molecule has 6 heteroatoms. The first-order valence-corrected chi connectivity index (χ1v) is 5.31. The van der Waals surface area contributed by atoms with Crippen molar-refractivity contribution >= 4 is 17.8 Å². The molecule has 1 atom stereocenters. The molecule has 0 aromatic carbocycles. The smallest absolute Gasteiger partial charge is 0.408 e. The Morgan fingerprint density at radius 3 is 1.94 bits per heavy atom. The Morgan fingerprint density at radius 2 is 1.65 bits per heavy atom. The molecule has 0 spiro atoms. The van der Waals surface area contributed by atoms with Gasteiger partial charge in [-0.05, 0) is 26.7 Å². The highest BCUT2D eigenvalue weighted by molar-refractivity contribution is 6.35. The van der Waals surface area contributed by atoms with Crippen molar-refractivity contribution in [3.63, 3.8) is 0 Å². The van der Waals surface area contributed by atoms with Gasteiger partial charge in [-0.25, -0.2) is 9.59 Å². The number of ketones is 1. The fourth-order valence-electron chi connectivity index (χ4n) is 1.10. The second-order valence-corrected chi connectivity index (χ2v) is 5.04. The second kappa shape index (κ2) is 5.65. The van der Waals surface area contributed by atoms with E-state index >= 15 is 0 Å². The minimum Gasteiger partial charge on any atom is -0.475 e. The predicted molar refractivity (Wildman–Crippen MR) is 60.6 cm³/mol. The lowest BCUT2D eigenvalue weighted by atomic mass is 10.0. The van der Waals surface area contributed by atoms with E-state index in [0.29, 0.717) is 0 Å². The van der Waals surface area contributed by atoms with Gasteiger partial charge in [0.25, 0.3) is 5.78 Å². The number of carboxylic acids is 1. The lowest BCUT2D eigenvalue weighted by Gasteiger charge is -2.23. The van der Waals surface area contributed by atoms with Crippen molar-refractivity contribution in [3.8, 4) is 0 Å².